The van der Waals surface area contributed by atoms with Gasteiger partial charge in [0, 0.05) is 12.2 Å². The van der Waals surface area contributed by atoms with E-state index in [0.29, 0.717) is 6.04 Å². The largest absolute Gasteiger partial charge is 0.299 e. The Bertz CT molecular complexity index is 247. The van der Waals surface area contributed by atoms with Crippen molar-refractivity contribution in [3.8, 4) is 0 Å². The molecule has 12 heavy (non-hydrogen) atoms. The molecule has 3 nitrogen and oxygen atoms in total. The maximum atomic E-state index is 3.89. The molecular formula is C9H13N3. The van der Waals surface area contributed by atoms with Gasteiger partial charge in [0.15, 0.2) is 0 Å². The number of rotatable bonds is 1. The molecular weight excluding hydrogens is 150 g/mol. The summed E-state index contributed by atoms with van der Waals surface area (Å²) in [4.78, 5) is 2.37. The Morgan fingerprint density at radius 1 is 1.50 bits per heavy atom. The van der Waals surface area contributed by atoms with E-state index in [2.05, 4.69) is 28.2 Å². The van der Waals surface area contributed by atoms with Gasteiger partial charge in [-0.25, -0.2) is 0 Å². The molecule has 0 spiro atoms. The lowest BCUT2D eigenvalue weighted by Crippen LogP contribution is -2.17. The van der Waals surface area contributed by atoms with Crippen LogP contribution in [-0.4, -0.2) is 28.7 Å². The Kier molecular flexibility index (Phi) is 2.04. The van der Waals surface area contributed by atoms with Gasteiger partial charge in [-0.05, 0) is 38.1 Å². The molecule has 2 heterocycles. The summed E-state index contributed by atoms with van der Waals surface area (Å²) in [6.45, 7) is 1.20. The highest BCUT2D eigenvalue weighted by atomic mass is 15.2. The summed E-state index contributed by atoms with van der Waals surface area (Å²) in [5.41, 5.74) is 1.30. The molecule has 1 aromatic rings. The van der Waals surface area contributed by atoms with E-state index < -0.39 is 0 Å². The molecule has 1 aliphatic heterocycles. The monoisotopic (exact) mass is 163 g/mol. The SMILES string of the molecule is CN1CCCC1c1ccnnc1. The molecule has 3 heteroatoms. The molecule has 1 aliphatic rings. The van der Waals surface area contributed by atoms with Gasteiger partial charge in [-0.3, -0.25) is 4.90 Å². The predicted molar refractivity (Wildman–Crippen MR) is 46.6 cm³/mol. The Morgan fingerprint density at radius 3 is 3.00 bits per heavy atom. The van der Waals surface area contributed by atoms with E-state index in [-0.39, 0.29) is 0 Å². The molecule has 1 unspecified atom stereocenters. The van der Waals surface area contributed by atoms with Gasteiger partial charge in [-0.2, -0.15) is 10.2 Å². The highest BCUT2D eigenvalue weighted by Crippen LogP contribution is 2.28. The Morgan fingerprint density at radius 2 is 2.42 bits per heavy atom. The smallest absolute Gasteiger partial charge is 0.0544 e. The number of hydrogen-bond acceptors (Lipinski definition) is 3. The molecule has 1 atom stereocenters. The zero-order valence-corrected chi connectivity index (χ0v) is 7.27. The van der Waals surface area contributed by atoms with Crippen molar-refractivity contribution < 1.29 is 0 Å². The van der Waals surface area contributed by atoms with Gasteiger partial charge < -0.3 is 0 Å². The number of aromatic nitrogens is 2. The third-order valence-electron chi connectivity index (χ3n) is 2.51. The van der Waals surface area contributed by atoms with E-state index in [4.69, 9.17) is 0 Å². The van der Waals surface area contributed by atoms with Crippen LogP contribution in [0.25, 0.3) is 0 Å². The van der Waals surface area contributed by atoms with Crippen molar-refractivity contribution in [2.75, 3.05) is 13.6 Å². The van der Waals surface area contributed by atoms with E-state index in [1.54, 1.807) is 6.20 Å². The van der Waals surface area contributed by atoms with Crippen LogP contribution < -0.4 is 0 Å². The first-order valence-electron chi connectivity index (χ1n) is 4.35. The summed E-state index contributed by atoms with van der Waals surface area (Å²) in [6.07, 6.45) is 6.18. The molecule has 2 rings (SSSR count). The van der Waals surface area contributed by atoms with Crippen molar-refractivity contribution in [1.29, 1.82) is 0 Å². The fourth-order valence-electron chi connectivity index (χ4n) is 1.83. The molecule has 1 fully saturated rings. The minimum Gasteiger partial charge on any atom is -0.299 e. The van der Waals surface area contributed by atoms with Gasteiger partial charge in [-0.1, -0.05) is 0 Å². The molecule has 0 aliphatic carbocycles. The third kappa shape index (κ3) is 1.32. The molecule has 0 radical (unpaired) electrons. The van der Waals surface area contributed by atoms with Crippen LogP contribution in [0.5, 0.6) is 0 Å². The Hall–Kier alpha value is -0.960. The number of hydrogen-bond donors (Lipinski definition) is 0. The van der Waals surface area contributed by atoms with E-state index in [1.807, 2.05) is 6.20 Å². The summed E-state index contributed by atoms with van der Waals surface area (Å²) in [5.74, 6) is 0. The van der Waals surface area contributed by atoms with Crippen LogP contribution in [0, 0.1) is 0 Å². The first-order valence-corrected chi connectivity index (χ1v) is 4.35. The molecule has 64 valence electrons. The first kappa shape index (κ1) is 7.68. The van der Waals surface area contributed by atoms with Crippen LogP contribution in [0.1, 0.15) is 24.4 Å². The van der Waals surface area contributed by atoms with Crippen molar-refractivity contribution in [2.24, 2.45) is 0 Å². The first-order chi connectivity index (χ1) is 5.88. The van der Waals surface area contributed by atoms with Crippen LogP contribution in [0.4, 0.5) is 0 Å². The summed E-state index contributed by atoms with van der Waals surface area (Å²) in [6, 6.07) is 2.62. The maximum absolute atomic E-state index is 3.89. The van der Waals surface area contributed by atoms with Crippen molar-refractivity contribution in [2.45, 2.75) is 18.9 Å². The van der Waals surface area contributed by atoms with Gasteiger partial charge in [-0.15, -0.1) is 0 Å². The summed E-state index contributed by atoms with van der Waals surface area (Å²) in [7, 11) is 2.16. The Balaban J connectivity index is 2.19. The van der Waals surface area contributed by atoms with Gasteiger partial charge in [0.2, 0.25) is 0 Å². The predicted octanol–water partition coefficient (Wildman–Crippen LogP) is 1.24. The van der Waals surface area contributed by atoms with E-state index in [9.17, 15) is 0 Å². The summed E-state index contributed by atoms with van der Waals surface area (Å²) >= 11 is 0. The summed E-state index contributed by atoms with van der Waals surface area (Å²) in [5, 5.41) is 7.66. The van der Waals surface area contributed by atoms with Crippen molar-refractivity contribution in [1.82, 2.24) is 15.1 Å². The van der Waals surface area contributed by atoms with E-state index >= 15 is 0 Å². The second-order valence-corrected chi connectivity index (χ2v) is 3.31. The topological polar surface area (TPSA) is 29.0 Å². The summed E-state index contributed by atoms with van der Waals surface area (Å²) < 4.78 is 0. The van der Waals surface area contributed by atoms with Gasteiger partial charge in [0.25, 0.3) is 0 Å². The molecule has 0 bridgehead atoms. The van der Waals surface area contributed by atoms with Crippen molar-refractivity contribution >= 4 is 0 Å². The quantitative estimate of drug-likeness (QED) is 0.623. The minimum atomic E-state index is 0.570. The van der Waals surface area contributed by atoms with E-state index in [1.165, 1.54) is 24.9 Å². The van der Waals surface area contributed by atoms with E-state index in [0.717, 1.165) is 0 Å². The lowest BCUT2D eigenvalue weighted by Gasteiger charge is -2.18. The minimum absolute atomic E-state index is 0.570. The molecule has 0 aromatic carbocycles. The lowest BCUT2D eigenvalue weighted by atomic mass is 10.1. The zero-order valence-electron chi connectivity index (χ0n) is 7.27. The molecule has 1 aromatic heterocycles. The number of nitrogens with zero attached hydrogens (tertiary/aromatic N) is 3. The highest BCUT2D eigenvalue weighted by molar-refractivity contribution is 5.12. The number of likely N-dealkylation sites (tertiary alicyclic amines) is 1. The zero-order chi connectivity index (χ0) is 8.39. The van der Waals surface area contributed by atoms with Crippen LogP contribution in [-0.2, 0) is 0 Å². The van der Waals surface area contributed by atoms with Crippen molar-refractivity contribution in [3.63, 3.8) is 0 Å². The average molecular weight is 163 g/mol. The van der Waals surface area contributed by atoms with Crippen molar-refractivity contribution in [3.05, 3.63) is 24.0 Å². The fourth-order valence-corrected chi connectivity index (χ4v) is 1.83. The second-order valence-electron chi connectivity index (χ2n) is 3.31. The Labute approximate surface area is 72.4 Å². The van der Waals surface area contributed by atoms with Crippen LogP contribution in [0.2, 0.25) is 0 Å². The highest BCUT2D eigenvalue weighted by Gasteiger charge is 2.22. The van der Waals surface area contributed by atoms with Gasteiger partial charge >= 0.3 is 0 Å². The van der Waals surface area contributed by atoms with Crippen LogP contribution >= 0.6 is 0 Å². The normalized spacial score (nSPS) is 24.6. The fraction of sp³-hybridized carbons (Fsp3) is 0.556. The molecule has 0 saturated carbocycles. The van der Waals surface area contributed by atoms with Gasteiger partial charge in [0.05, 0.1) is 6.20 Å². The van der Waals surface area contributed by atoms with Crippen LogP contribution in [0.15, 0.2) is 18.5 Å². The lowest BCUT2D eigenvalue weighted by molar-refractivity contribution is 0.316. The molecule has 0 amide bonds. The molecule has 0 N–H and O–H groups in total. The molecule has 1 saturated heterocycles. The second kappa shape index (κ2) is 3.19. The van der Waals surface area contributed by atoms with Crippen LogP contribution in [0.3, 0.4) is 0 Å². The van der Waals surface area contributed by atoms with Gasteiger partial charge in [0.1, 0.15) is 0 Å². The maximum Gasteiger partial charge on any atom is 0.0544 e. The third-order valence-corrected chi connectivity index (χ3v) is 2.51. The average Bonchev–Trinajstić information content (AvgIpc) is 2.53. The standard InChI is InChI=1S/C9H13N3/c1-12-6-2-3-9(12)8-4-5-10-11-7-8/h4-5,7,9H,2-3,6H2,1H3.